The number of carbonyl (C=O) groups excluding carboxylic acids is 1. The zero-order valence-electron chi connectivity index (χ0n) is 10.6. The first-order chi connectivity index (χ1) is 8.54. The van der Waals surface area contributed by atoms with Gasteiger partial charge in [-0.15, -0.1) is 0 Å². The Morgan fingerprint density at radius 3 is 2.78 bits per heavy atom. The van der Waals surface area contributed by atoms with Gasteiger partial charge in [0.2, 0.25) is 0 Å². The number of hydrogen-bond donors (Lipinski definition) is 4. The van der Waals surface area contributed by atoms with Crippen molar-refractivity contribution in [2.24, 2.45) is 5.73 Å². The molecule has 2 rings (SSSR count). The fourth-order valence-electron chi connectivity index (χ4n) is 2.29. The molecule has 0 spiro atoms. The Bertz CT molecular complexity index is 530. The fraction of sp³-hybridized carbons (Fsp3) is 0.308. The average Bonchev–Trinajstić information content (AvgIpc) is 2.31. The molecule has 6 N–H and O–H groups in total. The largest absolute Gasteiger partial charge is 0.401 e. The number of hydrogen-bond acceptors (Lipinski definition) is 4. The van der Waals surface area contributed by atoms with Gasteiger partial charge >= 0.3 is 0 Å². The van der Waals surface area contributed by atoms with Crippen LogP contribution >= 0.6 is 0 Å². The summed E-state index contributed by atoms with van der Waals surface area (Å²) in [6, 6.07) is 3.70. The predicted molar refractivity (Wildman–Crippen MR) is 72.7 cm³/mol. The van der Waals surface area contributed by atoms with E-state index in [1.165, 1.54) is 0 Å². The Balaban J connectivity index is 2.60. The third-order valence-corrected chi connectivity index (χ3v) is 3.12. The second kappa shape index (κ2) is 4.60. The lowest BCUT2D eigenvalue weighted by molar-refractivity contribution is 0.0946. The molecule has 0 aromatic heterocycles. The summed E-state index contributed by atoms with van der Waals surface area (Å²) in [6.07, 6.45) is 0.771. The van der Waals surface area contributed by atoms with Crippen molar-refractivity contribution in [3.63, 3.8) is 0 Å². The lowest BCUT2D eigenvalue weighted by atomic mass is 9.94. The number of rotatable bonds is 2. The molecule has 5 nitrogen and oxygen atoms in total. The molecule has 18 heavy (non-hydrogen) atoms. The molecule has 0 fully saturated rings. The van der Waals surface area contributed by atoms with Crippen LogP contribution in [0.3, 0.4) is 0 Å². The highest BCUT2D eigenvalue weighted by atomic mass is 16.1. The first kappa shape index (κ1) is 12.3. The predicted octanol–water partition coefficient (Wildman–Crippen LogP) is 0.421. The number of fused-ring (bicyclic) bond motifs is 1. The summed E-state index contributed by atoms with van der Waals surface area (Å²) in [4.78, 5) is 11.8. The highest BCUT2D eigenvalue weighted by molar-refractivity contribution is 5.99. The molecule has 0 atom stereocenters. The molecule has 1 aliphatic heterocycles. The van der Waals surface area contributed by atoms with Crippen molar-refractivity contribution in [1.29, 1.82) is 0 Å². The number of nitrogens with one attached hydrogen (secondary N) is 2. The Hall–Kier alpha value is -2.17. The van der Waals surface area contributed by atoms with E-state index < -0.39 is 0 Å². The maximum atomic E-state index is 11.8. The lowest BCUT2D eigenvalue weighted by Crippen LogP contribution is -2.32. The highest BCUT2D eigenvalue weighted by Crippen LogP contribution is 2.26. The number of carbonyl (C=O) groups is 1. The molecule has 1 aromatic rings. The van der Waals surface area contributed by atoms with Gasteiger partial charge in [-0.3, -0.25) is 4.79 Å². The molecular formula is C13H18N4O. The molecule has 1 heterocycles. The van der Waals surface area contributed by atoms with Gasteiger partial charge in [0.15, 0.2) is 0 Å². The van der Waals surface area contributed by atoms with Crippen LogP contribution in [0.2, 0.25) is 0 Å². The van der Waals surface area contributed by atoms with Gasteiger partial charge in [-0.2, -0.15) is 0 Å². The van der Waals surface area contributed by atoms with Crippen molar-refractivity contribution < 1.29 is 4.79 Å². The lowest BCUT2D eigenvalue weighted by Gasteiger charge is -2.20. The number of nitrogen functional groups attached to an aromatic ring is 1. The number of nitrogens with two attached hydrogens (primary N) is 2. The average molecular weight is 246 g/mol. The van der Waals surface area contributed by atoms with Gasteiger partial charge in [0, 0.05) is 36.1 Å². The van der Waals surface area contributed by atoms with E-state index in [1.54, 1.807) is 7.05 Å². The van der Waals surface area contributed by atoms with Crippen molar-refractivity contribution in [2.45, 2.75) is 13.3 Å². The summed E-state index contributed by atoms with van der Waals surface area (Å²) in [5.41, 5.74) is 16.3. The normalized spacial score (nSPS) is 15.6. The van der Waals surface area contributed by atoms with E-state index in [-0.39, 0.29) is 5.91 Å². The van der Waals surface area contributed by atoms with Crippen LogP contribution in [-0.2, 0) is 6.42 Å². The number of benzene rings is 1. The van der Waals surface area contributed by atoms with Gasteiger partial charge in [-0.25, -0.2) is 0 Å². The Morgan fingerprint density at radius 1 is 1.44 bits per heavy atom. The number of allylic oxidation sites excluding steroid dienone is 1. The van der Waals surface area contributed by atoms with E-state index >= 15 is 0 Å². The van der Waals surface area contributed by atoms with E-state index in [2.05, 4.69) is 10.6 Å². The third-order valence-electron chi connectivity index (χ3n) is 3.12. The molecule has 96 valence electrons. The quantitative estimate of drug-likeness (QED) is 0.569. The molecule has 1 amide bonds. The van der Waals surface area contributed by atoms with Crippen LogP contribution in [0.15, 0.2) is 17.8 Å². The maximum Gasteiger partial charge on any atom is 0.251 e. The van der Waals surface area contributed by atoms with Gasteiger partial charge in [-0.1, -0.05) is 0 Å². The zero-order chi connectivity index (χ0) is 13.3. The van der Waals surface area contributed by atoms with Crippen molar-refractivity contribution in [1.82, 2.24) is 10.6 Å². The van der Waals surface area contributed by atoms with Gasteiger partial charge < -0.3 is 22.1 Å². The van der Waals surface area contributed by atoms with Crippen molar-refractivity contribution >= 4 is 17.3 Å². The second-order valence-electron chi connectivity index (χ2n) is 4.41. The van der Waals surface area contributed by atoms with Crippen LogP contribution in [0, 0.1) is 0 Å². The minimum Gasteiger partial charge on any atom is -0.401 e. The van der Waals surface area contributed by atoms with Crippen LogP contribution in [0.5, 0.6) is 0 Å². The second-order valence-corrected chi connectivity index (χ2v) is 4.41. The molecule has 0 saturated heterocycles. The topological polar surface area (TPSA) is 93.2 Å². The first-order valence-electron chi connectivity index (χ1n) is 5.89. The van der Waals surface area contributed by atoms with E-state index in [4.69, 9.17) is 11.5 Å². The SMILES string of the molecule is CN/C(=C(/C)N)c1cc(N)c2c(c1)C(=O)NCC2. The van der Waals surface area contributed by atoms with E-state index in [1.807, 2.05) is 19.1 Å². The molecule has 5 heteroatoms. The highest BCUT2D eigenvalue weighted by Gasteiger charge is 2.20. The summed E-state index contributed by atoms with van der Waals surface area (Å²) in [5.74, 6) is -0.0741. The van der Waals surface area contributed by atoms with Gasteiger partial charge in [0.05, 0.1) is 5.70 Å². The molecule has 1 aromatic carbocycles. The maximum absolute atomic E-state index is 11.8. The van der Waals surface area contributed by atoms with Crippen LogP contribution < -0.4 is 22.1 Å². The minimum absolute atomic E-state index is 0.0741. The zero-order valence-corrected chi connectivity index (χ0v) is 10.6. The molecule has 1 aliphatic rings. The van der Waals surface area contributed by atoms with Crippen LogP contribution in [0.4, 0.5) is 5.69 Å². The summed E-state index contributed by atoms with van der Waals surface area (Å²) in [7, 11) is 1.79. The van der Waals surface area contributed by atoms with E-state index in [9.17, 15) is 4.79 Å². The van der Waals surface area contributed by atoms with E-state index in [0.29, 0.717) is 23.5 Å². The fourth-order valence-corrected chi connectivity index (χ4v) is 2.29. The van der Waals surface area contributed by atoms with Crippen molar-refractivity contribution in [3.05, 3.63) is 34.5 Å². The molecule has 0 aliphatic carbocycles. The molecule has 0 bridgehead atoms. The van der Waals surface area contributed by atoms with Crippen LogP contribution in [0.1, 0.15) is 28.4 Å². The molecular weight excluding hydrogens is 228 g/mol. The Morgan fingerprint density at radius 2 is 2.17 bits per heavy atom. The van der Waals surface area contributed by atoms with Crippen molar-refractivity contribution in [3.8, 4) is 0 Å². The summed E-state index contributed by atoms with van der Waals surface area (Å²) in [5, 5.41) is 5.85. The summed E-state index contributed by atoms with van der Waals surface area (Å²) in [6.45, 7) is 2.45. The number of amides is 1. The number of anilines is 1. The summed E-state index contributed by atoms with van der Waals surface area (Å²) < 4.78 is 0. The van der Waals surface area contributed by atoms with Gasteiger partial charge in [-0.05, 0) is 31.0 Å². The van der Waals surface area contributed by atoms with Crippen LogP contribution in [-0.4, -0.2) is 19.5 Å². The Kier molecular flexibility index (Phi) is 3.14. The van der Waals surface area contributed by atoms with Crippen molar-refractivity contribution in [2.75, 3.05) is 19.3 Å². The molecule has 0 unspecified atom stereocenters. The monoisotopic (exact) mass is 246 g/mol. The van der Waals surface area contributed by atoms with Gasteiger partial charge in [0.1, 0.15) is 0 Å². The van der Waals surface area contributed by atoms with Crippen LogP contribution in [0.25, 0.3) is 5.70 Å². The standard InChI is InChI=1S/C13H18N4O/c1-7(14)12(16-2)8-5-10-9(11(15)6-8)3-4-17-13(10)18/h5-6,16H,3-4,14-15H2,1-2H3,(H,17,18)/b12-7-. The molecule has 0 saturated carbocycles. The minimum atomic E-state index is -0.0741. The van der Waals surface area contributed by atoms with E-state index in [0.717, 1.165) is 23.2 Å². The Labute approximate surface area is 106 Å². The summed E-state index contributed by atoms with van der Waals surface area (Å²) >= 11 is 0. The molecule has 0 radical (unpaired) electrons. The smallest absolute Gasteiger partial charge is 0.251 e. The van der Waals surface area contributed by atoms with Gasteiger partial charge in [0.25, 0.3) is 5.91 Å². The first-order valence-corrected chi connectivity index (χ1v) is 5.89. The third kappa shape index (κ3) is 1.99.